The van der Waals surface area contributed by atoms with Gasteiger partial charge in [0.25, 0.3) is 5.91 Å². The van der Waals surface area contributed by atoms with E-state index in [0.717, 1.165) is 0 Å². The predicted molar refractivity (Wildman–Crippen MR) is 65.3 cm³/mol. The molecule has 0 aliphatic carbocycles. The Bertz CT molecular complexity index is 441. The predicted octanol–water partition coefficient (Wildman–Crippen LogP) is 0.0309. The van der Waals surface area contributed by atoms with Crippen molar-refractivity contribution in [3.8, 4) is 0 Å². The van der Waals surface area contributed by atoms with Gasteiger partial charge < -0.3 is 9.15 Å². The molecule has 0 aromatic carbocycles. The summed E-state index contributed by atoms with van der Waals surface area (Å²) in [6.07, 6.45) is 1.34. The Morgan fingerprint density at radius 3 is 2.68 bits per heavy atom. The summed E-state index contributed by atoms with van der Waals surface area (Å²) in [4.78, 5) is 35.6. The number of carbonyl (C=O) groups is 3. The number of amides is 2. The third-order valence-electron chi connectivity index (χ3n) is 2.12. The van der Waals surface area contributed by atoms with E-state index in [4.69, 9.17) is 9.15 Å². The van der Waals surface area contributed by atoms with Crippen LogP contribution in [0.25, 0.3) is 0 Å². The van der Waals surface area contributed by atoms with Crippen molar-refractivity contribution in [2.45, 2.75) is 6.92 Å². The minimum Gasteiger partial charge on any atom is -0.465 e. The lowest BCUT2D eigenvalue weighted by atomic mass is 10.4. The third kappa shape index (κ3) is 5.35. The zero-order valence-electron chi connectivity index (χ0n) is 10.8. The molecule has 104 valence electrons. The van der Waals surface area contributed by atoms with Crippen molar-refractivity contribution in [3.05, 3.63) is 24.2 Å². The van der Waals surface area contributed by atoms with Crippen molar-refractivity contribution < 1.29 is 23.5 Å². The summed E-state index contributed by atoms with van der Waals surface area (Å²) in [6.45, 7) is 1.88. The average Bonchev–Trinajstić information content (AvgIpc) is 2.81. The molecule has 2 amide bonds. The monoisotopic (exact) mass is 268 g/mol. The van der Waals surface area contributed by atoms with Crippen LogP contribution in [0, 0.1) is 0 Å². The van der Waals surface area contributed by atoms with Gasteiger partial charge in [-0.05, 0) is 26.1 Å². The molecule has 0 spiro atoms. The molecule has 1 aromatic heterocycles. The highest BCUT2D eigenvalue weighted by Crippen LogP contribution is 1.98. The van der Waals surface area contributed by atoms with Crippen LogP contribution in [-0.4, -0.2) is 49.4 Å². The van der Waals surface area contributed by atoms with Crippen molar-refractivity contribution in [1.82, 2.24) is 10.2 Å². The smallest absolute Gasteiger partial charge is 0.320 e. The number of nitrogens with one attached hydrogen (secondary N) is 1. The van der Waals surface area contributed by atoms with E-state index in [9.17, 15) is 14.4 Å². The standard InChI is InChI=1S/C12H16N2O5/c1-3-18-11(16)8-14(2)7-10(15)13-12(17)9-5-4-6-19-9/h4-6H,3,7-8H2,1-2H3,(H,13,15,17). The fourth-order valence-electron chi connectivity index (χ4n) is 1.36. The number of furan rings is 1. The second kappa shape index (κ2) is 7.32. The number of imide groups is 1. The quantitative estimate of drug-likeness (QED) is 0.732. The van der Waals surface area contributed by atoms with Gasteiger partial charge >= 0.3 is 5.97 Å². The summed E-state index contributed by atoms with van der Waals surface area (Å²) < 4.78 is 9.59. The Morgan fingerprint density at radius 2 is 2.11 bits per heavy atom. The topological polar surface area (TPSA) is 88.9 Å². The molecular formula is C12H16N2O5. The van der Waals surface area contributed by atoms with Crippen LogP contribution in [0.3, 0.4) is 0 Å². The van der Waals surface area contributed by atoms with Gasteiger partial charge in [0, 0.05) is 0 Å². The summed E-state index contributed by atoms with van der Waals surface area (Å²) in [5.74, 6) is -1.50. The Kier molecular flexibility index (Phi) is 5.74. The number of likely N-dealkylation sites (N-methyl/N-ethyl adjacent to an activating group) is 1. The Hall–Kier alpha value is -2.15. The Balaban J connectivity index is 2.34. The summed E-state index contributed by atoms with van der Waals surface area (Å²) in [6, 6.07) is 3.00. The van der Waals surface area contributed by atoms with Gasteiger partial charge in [-0.3, -0.25) is 24.6 Å². The summed E-state index contributed by atoms with van der Waals surface area (Å²) in [7, 11) is 1.58. The second-order valence-corrected chi connectivity index (χ2v) is 3.83. The number of nitrogens with zero attached hydrogens (tertiary/aromatic N) is 1. The number of hydrogen-bond acceptors (Lipinski definition) is 6. The van der Waals surface area contributed by atoms with Crippen LogP contribution in [0.1, 0.15) is 17.5 Å². The zero-order valence-corrected chi connectivity index (χ0v) is 10.8. The molecule has 19 heavy (non-hydrogen) atoms. The maximum Gasteiger partial charge on any atom is 0.320 e. The summed E-state index contributed by atoms with van der Waals surface area (Å²) in [5.41, 5.74) is 0. The highest BCUT2D eigenvalue weighted by molar-refractivity contribution is 6.03. The molecule has 0 radical (unpaired) electrons. The highest BCUT2D eigenvalue weighted by atomic mass is 16.5. The van der Waals surface area contributed by atoms with Crippen molar-refractivity contribution in [2.75, 3.05) is 26.7 Å². The molecule has 1 heterocycles. The van der Waals surface area contributed by atoms with E-state index in [0.29, 0.717) is 0 Å². The minimum atomic E-state index is -0.612. The lowest BCUT2D eigenvalue weighted by Gasteiger charge is -2.14. The van der Waals surface area contributed by atoms with E-state index in [1.807, 2.05) is 0 Å². The first kappa shape index (κ1) is 14.9. The first-order valence-electron chi connectivity index (χ1n) is 5.74. The first-order valence-corrected chi connectivity index (χ1v) is 5.74. The van der Waals surface area contributed by atoms with Crippen molar-refractivity contribution in [2.24, 2.45) is 0 Å². The van der Waals surface area contributed by atoms with E-state index >= 15 is 0 Å². The van der Waals surface area contributed by atoms with Crippen LogP contribution in [0.15, 0.2) is 22.8 Å². The molecule has 1 aromatic rings. The van der Waals surface area contributed by atoms with Crippen LogP contribution in [0.4, 0.5) is 0 Å². The van der Waals surface area contributed by atoms with Crippen LogP contribution >= 0.6 is 0 Å². The molecule has 0 bridgehead atoms. The molecule has 7 nitrogen and oxygen atoms in total. The van der Waals surface area contributed by atoms with E-state index in [-0.39, 0.29) is 25.5 Å². The van der Waals surface area contributed by atoms with Gasteiger partial charge in [-0.15, -0.1) is 0 Å². The van der Waals surface area contributed by atoms with Gasteiger partial charge in [-0.1, -0.05) is 0 Å². The number of rotatable bonds is 6. The maximum absolute atomic E-state index is 11.5. The normalized spacial score (nSPS) is 10.3. The van der Waals surface area contributed by atoms with Crippen molar-refractivity contribution >= 4 is 17.8 Å². The molecule has 0 fully saturated rings. The molecule has 0 atom stereocenters. The minimum absolute atomic E-state index is 0.0177. The van der Waals surface area contributed by atoms with E-state index in [2.05, 4.69) is 5.32 Å². The summed E-state index contributed by atoms with van der Waals surface area (Å²) >= 11 is 0. The molecule has 0 unspecified atom stereocenters. The van der Waals surface area contributed by atoms with Crippen LogP contribution in [0.5, 0.6) is 0 Å². The molecule has 7 heteroatoms. The van der Waals surface area contributed by atoms with Crippen molar-refractivity contribution in [1.29, 1.82) is 0 Å². The third-order valence-corrected chi connectivity index (χ3v) is 2.12. The fourth-order valence-corrected chi connectivity index (χ4v) is 1.36. The first-order chi connectivity index (χ1) is 9.02. The molecular weight excluding hydrogens is 252 g/mol. The van der Waals surface area contributed by atoms with E-state index in [1.54, 1.807) is 20.0 Å². The second-order valence-electron chi connectivity index (χ2n) is 3.83. The van der Waals surface area contributed by atoms with Gasteiger partial charge in [0.05, 0.1) is 26.0 Å². The lowest BCUT2D eigenvalue weighted by molar-refractivity contribution is -0.144. The van der Waals surface area contributed by atoms with Gasteiger partial charge in [-0.25, -0.2) is 0 Å². The van der Waals surface area contributed by atoms with Crippen LogP contribution < -0.4 is 5.32 Å². The van der Waals surface area contributed by atoms with Crippen LogP contribution in [0.2, 0.25) is 0 Å². The van der Waals surface area contributed by atoms with E-state index in [1.165, 1.54) is 17.2 Å². The average molecular weight is 268 g/mol. The lowest BCUT2D eigenvalue weighted by Crippen LogP contribution is -2.40. The molecule has 0 saturated heterocycles. The molecule has 0 aliphatic rings. The fraction of sp³-hybridized carbons (Fsp3) is 0.417. The van der Waals surface area contributed by atoms with Gasteiger partial charge in [0.2, 0.25) is 5.91 Å². The zero-order chi connectivity index (χ0) is 14.3. The van der Waals surface area contributed by atoms with Gasteiger partial charge in [-0.2, -0.15) is 0 Å². The Morgan fingerprint density at radius 1 is 1.37 bits per heavy atom. The highest BCUT2D eigenvalue weighted by Gasteiger charge is 2.15. The molecule has 1 rings (SSSR count). The molecule has 0 saturated carbocycles. The van der Waals surface area contributed by atoms with Crippen molar-refractivity contribution in [3.63, 3.8) is 0 Å². The largest absolute Gasteiger partial charge is 0.465 e. The van der Waals surface area contributed by atoms with Gasteiger partial charge in [0.1, 0.15) is 0 Å². The van der Waals surface area contributed by atoms with Gasteiger partial charge in [0.15, 0.2) is 5.76 Å². The Labute approximate surface area is 110 Å². The molecule has 1 N–H and O–H groups in total. The number of ether oxygens (including phenoxy) is 1. The summed E-state index contributed by atoms with van der Waals surface area (Å²) in [5, 5.41) is 2.15. The SMILES string of the molecule is CCOC(=O)CN(C)CC(=O)NC(=O)c1ccco1. The number of hydrogen-bond donors (Lipinski definition) is 1. The van der Waals surface area contributed by atoms with E-state index < -0.39 is 17.8 Å². The number of carbonyl (C=O) groups excluding carboxylic acids is 3. The molecule has 0 aliphatic heterocycles. The van der Waals surface area contributed by atoms with Crippen LogP contribution in [-0.2, 0) is 14.3 Å². The maximum atomic E-state index is 11.5. The number of esters is 1.